The van der Waals surface area contributed by atoms with Crippen LogP contribution in [-0.4, -0.2) is 10.5 Å². The third-order valence-electron chi connectivity index (χ3n) is 11.8. The number of nitrogens with zero attached hydrogens (tertiary/aromatic N) is 3. The second-order valence-electron chi connectivity index (χ2n) is 15.3. The van der Waals surface area contributed by atoms with Crippen molar-refractivity contribution in [3.05, 3.63) is 210 Å². The maximum atomic E-state index is 6.53. The number of fused-ring (bicyclic) bond motifs is 8. The van der Waals surface area contributed by atoms with Gasteiger partial charge in [-0.1, -0.05) is 152 Å². The van der Waals surface area contributed by atoms with Crippen LogP contribution in [0.4, 0.5) is 11.4 Å². The highest BCUT2D eigenvalue weighted by Gasteiger charge is 2.32. The van der Waals surface area contributed by atoms with Gasteiger partial charge in [-0.15, -0.1) is 0 Å². The standard InChI is InChI=1S/C53H37N5O/c1-4-15-34(16-5-1)51-54-52(35-17-6-2-7-18-35)56-53(55-51)58-45-30-29-36(40-23-14-24-43-42-22-11-13-26-49(42)59-50(40)43)31-37(45)27-28-38-32-48-44(33-47(38)58)41-21-10-12-25-46(41)57(48)39-19-8-3-9-20-39/h1-33,51-52,54H,(H,55,56). The second kappa shape index (κ2) is 13.5. The minimum Gasteiger partial charge on any atom is -0.455 e. The molecule has 0 saturated carbocycles. The summed E-state index contributed by atoms with van der Waals surface area (Å²) in [5.41, 5.74) is 13.8. The monoisotopic (exact) mass is 759 g/mol. The number of furan rings is 1. The Bertz CT molecular complexity index is 3290. The Morgan fingerprint density at radius 3 is 2.00 bits per heavy atom. The summed E-state index contributed by atoms with van der Waals surface area (Å²) in [4.78, 5) is 7.83. The molecule has 10 aromatic rings. The molecule has 2 aromatic heterocycles. The number of para-hydroxylation sites is 4. The Morgan fingerprint density at radius 2 is 1.19 bits per heavy atom. The van der Waals surface area contributed by atoms with E-state index in [-0.39, 0.29) is 12.3 Å². The first-order valence-corrected chi connectivity index (χ1v) is 20.1. The lowest BCUT2D eigenvalue weighted by molar-refractivity contribution is 0.406. The summed E-state index contributed by atoms with van der Waals surface area (Å²) in [7, 11) is 0. The fraction of sp³-hybridized carbons (Fsp3) is 0.0377. The maximum Gasteiger partial charge on any atom is 0.206 e. The number of rotatable bonds is 4. The summed E-state index contributed by atoms with van der Waals surface area (Å²) in [6.45, 7) is 0. The molecule has 0 saturated heterocycles. The van der Waals surface area contributed by atoms with E-state index in [0.717, 1.165) is 83.9 Å². The Balaban J connectivity index is 1.10. The smallest absolute Gasteiger partial charge is 0.206 e. The zero-order chi connectivity index (χ0) is 38.9. The number of hydrogen-bond acceptors (Lipinski definition) is 5. The predicted molar refractivity (Wildman–Crippen MR) is 243 cm³/mol. The molecule has 0 amide bonds. The molecule has 2 unspecified atom stereocenters. The summed E-state index contributed by atoms with van der Waals surface area (Å²) in [5.74, 6) is 0.760. The Hall–Kier alpha value is -7.67. The number of aromatic nitrogens is 1. The van der Waals surface area contributed by atoms with Gasteiger partial charge in [-0.3, -0.25) is 10.2 Å². The minimum absolute atomic E-state index is 0.203. The molecule has 12 rings (SSSR count). The molecule has 0 radical (unpaired) electrons. The molecule has 6 heteroatoms. The largest absolute Gasteiger partial charge is 0.455 e. The van der Waals surface area contributed by atoms with Crippen LogP contribution in [0.5, 0.6) is 0 Å². The number of hydrogen-bond donors (Lipinski definition) is 2. The molecule has 0 aliphatic carbocycles. The summed E-state index contributed by atoms with van der Waals surface area (Å²) < 4.78 is 8.91. The highest BCUT2D eigenvalue weighted by molar-refractivity contribution is 6.16. The van der Waals surface area contributed by atoms with Crippen LogP contribution in [0, 0.1) is 0 Å². The molecule has 2 aliphatic heterocycles. The van der Waals surface area contributed by atoms with Crippen LogP contribution < -0.4 is 15.5 Å². The maximum absolute atomic E-state index is 6.53. The SMILES string of the molecule is C1=Cc2cc3c(cc2N(C2=NC(c4ccccc4)NC(c4ccccc4)N2)c2ccc(-c4cccc5c4oc4ccccc45)cc21)c1ccccc1n3-c1ccccc1. The Kier molecular flexibility index (Phi) is 7.64. The van der Waals surface area contributed by atoms with Gasteiger partial charge in [0.05, 0.1) is 22.4 Å². The highest BCUT2D eigenvalue weighted by atomic mass is 16.3. The van der Waals surface area contributed by atoms with Crippen molar-refractivity contribution in [2.45, 2.75) is 12.3 Å². The van der Waals surface area contributed by atoms with E-state index in [1.165, 1.54) is 16.3 Å². The van der Waals surface area contributed by atoms with E-state index in [1.807, 2.05) is 12.1 Å². The van der Waals surface area contributed by atoms with Crippen LogP contribution in [0.3, 0.4) is 0 Å². The molecule has 0 bridgehead atoms. The molecule has 280 valence electrons. The highest BCUT2D eigenvalue weighted by Crippen LogP contribution is 2.45. The van der Waals surface area contributed by atoms with Crippen LogP contribution >= 0.6 is 0 Å². The molecule has 59 heavy (non-hydrogen) atoms. The fourth-order valence-electron chi connectivity index (χ4n) is 9.05. The molecule has 6 nitrogen and oxygen atoms in total. The van der Waals surface area contributed by atoms with Gasteiger partial charge < -0.3 is 14.3 Å². The number of nitrogens with one attached hydrogen (secondary N) is 2. The second-order valence-corrected chi connectivity index (χ2v) is 15.3. The third-order valence-corrected chi connectivity index (χ3v) is 11.8. The first-order chi connectivity index (χ1) is 29.2. The summed E-state index contributed by atoms with van der Waals surface area (Å²) >= 11 is 0. The third kappa shape index (κ3) is 5.49. The average Bonchev–Trinajstić information content (AvgIpc) is 3.79. The number of aliphatic imine (C=N–C) groups is 1. The van der Waals surface area contributed by atoms with E-state index in [0.29, 0.717) is 0 Å². The summed E-state index contributed by atoms with van der Waals surface area (Å²) in [5, 5.41) is 12.3. The molecule has 2 atom stereocenters. The zero-order valence-corrected chi connectivity index (χ0v) is 32.0. The van der Waals surface area contributed by atoms with Crippen molar-refractivity contribution in [3.8, 4) is 16.8 Å². The van der Waals surface area contributed by atoms with Crippen molar-refractivity contribution in [2.75, 3.05) is 4.90 Å². The van der Waals surface area contributed by atoms with Gasteiger partial charge >= 0.3 is 0 Å². The Morgan fingerprint density at radius 1 is 0.508 bits per heavy atom. The van der Waals surface area contributed by atoms with Crippen LogP contribution in [-0.2, 0) is 0 Å². The molecular formula is C53H37N5O. The molecule has 8 aromatic carbocycles. The number of benzene rings is 8. The average molecular weight is 760 g/mol. The van der Waals surface area contributed by atoms with E-state index in [2.05, 4.69) is 208 Å². The zero-order valence-electron chi connectivity index (χ0n) is 32.0. The lowest BCUT2D eigenvalue weighted by Gasteiger charge is -2.37. The number of anilines is 2. The van der Waals surface area contributed by atoms with Crippen molar-refractivity contribution in [2.24, 2.45) is 4.99 Å². The molecule has 4 heterocycles. The van der Waals surface area contributed by atoms with Crippen LogP contribution in [0.15, 0.2) is 197 Å². The molecule has 2 N–H and O–H groups in total. The fourth-order valence-corrected chi connectivity index (χ4v) is 9.05. The van der Waals surface area contributed by atoms with Crippen molar-refractivity contribution >= 4 is 73.2 Å². The quantitative estimate of drug-likeness (QED) is 0.188. The van der Waals surface area contributed by atoms with E-state index in [1.54, 1.807) is 0 Å². The molecular weight excluding hydrogens is 723 g/mol. The van der Waals surface area contributed by atoms with Crippen LogP contribution in [0.25, 0.3) is 72.7 Å². The van der Waals surface area contributed by atoms with Crippen molar-refractivity contribution in [1.29, 1.82) is 0 Å². The summed E-state index contributed by atoms with van der Waals surface area (Å²) in [6.07, 6.45) is 4.01. The van der Waals surface area contributed by atoms with Gasteiger partial charge in [0.25, 0.3) is 0 Å². The Labute approximate surface area is 341 Å². The molecule has 2 aliphatic rings. The van der Waals surface area contributed by atoms with Crippen LogP contribution in [0.2, 0.25) is 0 Å². The van der Waals surface area contributed by atoms with Gasteiger partial charge in [0.15, 0.2) is 0 Å². The van der Waals surface area contributed by atoms with Gasteiger partial charge in [-0.25, -0.2) is 4.99 Å². The van der Waals surface area contributed by atoms with E-state index >= 15 is 0 Å². The van der Waals surface area contributed by atoms with Gasteiger partial charge in [-0.05, 0) is 70.8 Å². The van der Waals surface area contributed by atoms with E-state index in [9.17, 15) is 0 Å². The van der Waals surface area contributed by atoms with Gasteiger partial charge in [0.2, 0.25) is 5.96 Å². The summed E-state index contributed by atoms with van der Waals surface area (Å²) in [6, 6.07) is 66.6. The predicted octanol–water partition coefficient (Wildman–Crippen LogP) is 12.9. The number of guanidine groups is 1. The first-order valence-electron chi connectivity index (χ1n) is 20.1. The lowest BCUT2D eigenvalue weighted by atomic mass is 9.99. The first kappa shape index (κ1) is 33.5. The van der Waals surface area contributed by atoms with Gasteiger partial charge in [0.1, 0.15) is 23.5 Å². The van der Waals surface area contributed by atoms with Gasteiger partial charge in [-0.2, -0.15) is 0 Å². The van der Waals surface area contributed by atoms with Crippen molar-refractivity contribution < 1.29 is 4.42 Å². The van der Waals surface area contributed by atoms with Gasteiger partial charge in [0, 0.05) is 38.4 Å². The van der Waals surface area contributed by atoms with E-state index in [4.69, 9.17) is 9.41 Å². The normalized spacial score (nSPS) is 16.2. The molecule has 0 spiro atoms. The lowest BCUT2D eigenvalue weighted by Crippen LogP contribution is -2.50. The van der Waals surface area contributed by atoms with E-state index < -0.39 is 0 Å². The van der Waals surface area contributed by atoms with Crippen molar-refractivity contribution in [1.82, 2.24) is 15.2 Å². The molecule has 0 fully saturated rings. The topological polar surface area (TPSA) is 57.7 Å². The minimum atomic E-state index is -0.297. The van der Waals surface area contributed by atoms with Crippen molar-refractivity contribution in [3.63, 3.8) is 0 Å². The van der Waals surface area contributed by atoms with Crippen LogP contribution in [0.1, 0.15) is 34.6 Å².